The van der Waals surface area contributed by atoms with Crippen LogP contribution in [-0.4, -0.2) is 42.5 Å². The fraction of sp³-hybridized carbons (Fsp3) is 0.500. The number of hydrogen-bond donors (Lipinski definition) is 0. The minimum Gasteiger partial charge on any atom is -0.372 e. The first-order chi connectivity index (χ1) is 9.11. The fourth-order valence-electron chi connectivity index (χ4n) is 2.83. The maximum absolute atomic E-state index is 13.5. The number of morpholine rings is 1. The Morgan fingerprint density at radius 2 is 1.95 bits per heavy atom. The summed E-state index contributed by atoms with van der Waals surface area (Å²) in [6, 6.07) is 2.97. The van der Waals surface area contributed by atoms with E-state index in [2.05, 4.69) is 0 Å². The van der Waals surface area contributed by atoms with Gasteiger partial charge in [-0.1, -0.05) is 0 Å². The third-order valence-corrected chi connectivity index (χ3v) is 3.72. The van der Waals surface area contributed by atoms with Gasteiger partial charge in [-0.3, -0.25) is 9.69 Å². The van der Waals surface area contributed by atoms with Crippen LogP contribution in [0.25, 0.3) is 0 Å². The molecule has 2 unspecified atom stereocenters. The number of rotatable bonds is 3. The predicted molar refractivity (Wildman–Crippen MR) is 65.0 cm³/mol. The molecule has 2 heterocycles. The van der Waals surface area contributed by atoms with Gasteiger partial charge in [-0.05, 0) is 31.0 Å². The van der Waals surface area contributed by atoms with Crippen LogP contribution >= 0.6 is 0 Å². The minimum absolute atomic E-state index is 0.122. The number of Topliss-reactive ketones (excluding diaryl/α,β-unsaturated/α-hetero) is 1. The van der Waals surface area contributed by atoms with Gasteiger partial charge in [0.2, 0.25) is 0 Å². The number of benzene rings is 1. The molecule has 3 rings (SSSR count). The Balaban J connectivity index is 1.69. The minimum atomic E-state index is -0.664. The number of likely N-dealkylation sites (tertiary alicyclic amines) is 1. The molecule has 0 aliphatic carbocycles. The molecule has 1 aromatic rings. The van der Waals surface area contributed by atoms with E-state index in [9.17, 15) is 13.6 Å². The summed E-state index contributed by atoms with van der Waals surface area (Å²) < 4.78 is 32.2. The summed E-state index contributed by atoms with van der Waals surface area (Å²) in [5, 5.41) is 0. The topological polar surface area (TPSA) is 29.5 Å². The van der Waals surface area contributed by atoms with E-state index >= 15 is 0 Å². The van der Waals surface area contributed by atoms with Crippen LogP contribution in [0.1, 0.15) is 23.2 Å². The Morgan fingerprint density at radius 3 is 2.63 bits per heavy atom. The maximum atomic E-state index is 13.5. The van der Waals surface area contributed by atoms with Gasteiger partial charge in [0, 0.05) is 13.1 Å². The zero-order chi connectivity index (χ0) is 13.4. The first kappa shape index (κ1) is 12.7. The number of carbonyl (C=O) groups is 1. The van der Waals surface area contributed by atoms with Gasteiger partial charge >= 0.3 is 0 Å². The third kappa shape index (κ3) is 2.67. The number of nitrogens with zero attached hydrogens (tertiary/aromatic N) is 1. The van der Waals surface area contributed by atoms with Crippen molar-refractivity contribution in [3.05, 3.63) is 35.4 Å². The Kier molecular flexibility index (Phi) is 3.33. The van der Waals surface area contributed by atoms with Gasteiger partial charge in [0.25, 0.3) is 0 Å². The van der Waals surface area contributed by atoms with E-state index in [-0.39, 0.29) is 30.1 Å². The van der Waals surface area contributed by atoms with Crippen LogP contribution in [0.5, 0.6) is 0 Å². The average molecular weight is 267 g/mol. The first-order valence-electron chi connectivity index (χ1n) is 6.48. The summed E-state index contributed by atoms with van der Waals surface area (Å²) in [7, 11) is 0. The summed E-state index contributed by atoms with van der Waals surface area (Å²) in [6.07, 6.45) is 2.40. The zero-order valence-electron chi connectivity index (χ0n) is 10.4. The highest BCUT2D eigenvalue weighted by Gasteiger charge is 2.34. The van der Waals surface area contributed by atoms with Crippen molar-refractivity contribution in [2.45, 2.75) is 25.0 Å². The number of fused-ring (bicyclic) bond motifs is 2. The molecule has 2 bridgehead atoms. The second-order valence-electron chi connectivity index (χ2n) is 5.20. The summed E-state index contributed by atoms with van der Waals surface area (Å²) >= 11 is 0. The van der Waals surface area contributed by atoms with Crippen molar-refractivity contribution in [1.29, 1.82) is 0 Å². The molecule has 0 amide bonds. The molecular formula is C14H15F2NO2. The highest BCUT2D eigenvalue weighted by Crippen LogP contribution is 2.26. The van der Waals surface area contributed by atoms with E-state index in [1.165, 1.54) is 0 Å². The molecule has 2 fully saturated rings. The van der Waals surface area contributed by atoms with Crippen molar-refractivity contribution in [2.75, 3.05) is 19.6 Å². The average Bonchev–Trinajstić information content (AvgIpc) is 2.71. The standard InChI is InChI=1S/C14H15F2NO2/c15-9-1-4-13(16)12(5-9)14(18)8-17-6-10-2-3-11(7-17)19-10/h1,4-5,10-11H,2-3,6-8H2. The van der Waals surface area contributed by atoms with Crippen molar-refractivity contribution < 1.29 is 18.3 Å². The largest absolute Gasteiger partial charge is 0.372 e. The second-order valence-corrected chi connectivity index (χ2v) is 5.20. The Morgan fingerprint density at radius 1 is 1.26 bits per heavy atom. The van der Waals surface area contributed by atoms with Gasteiger partial charge in [-0.15, -0.1) is 0 Å². The molecule has 3 nitrogen and oxygen atoms in total. The number of ether oxygens (including phenoxy) is 1. The molecule has 0 saturated carbocycles. The number of hydrogen-bond acceptors (Lipinski definition) is 3. The predicted octanol–water partition coefficient (Wildman–Crippen LogP) is 2.01. The molecule has 2 saturated heterocycles. The molecular weight excluding hydrogens is 252 g/mol. The zero-order valence-corrected chi connectivity index (χ0v) is 10.4. The summed E-state index contributed by atoms with van der Waals surface area (Å²) in [5.74, 6) is -1.63. The van der Waals surface area contributed by atoms with Gasteiger partial charge in [0.15, 0.2) is 5.78 Å². The maximum Gasteiger partial charge on any atom is 0.179 e. The molecule has 19 heavy (non-hydrogen) atoms. The van der Waals surface area contributed by atoms with E-state index in [0.29, 0.717) is 13.1 Å². The second kappa shape index (κ2) is 4.98. The van der Waals surface area contributed by atoms with E-state index < -0.39 is 11.6 Å². The van der Waals surface area contributed by atoms with Crippen LogP contribution in [0.3, 0.4) is 0 Å². The molecule has 0 N–H and O–H groups in total. The number of carbonyl (C=O) groups excluding carboxylic acids is 1. The van der Waals surface area contributed by atoms with Crippen LogP contribution in [0, 0.1) is 11.6 Å². The van der Waals surface area contributed by atoms with Crippen molar-refractivity contribution in [1.82, 2.24) is 4.90 Å². The van der Waals surface area contributed by atoms with Gasteiger partial charge in [-0.25, -0.2) is 8.78 Å². The van der Waals surface area contributed by atoms with Gasteiger partial charge in [-0.2, -0.15) is 0 Å². The van der Waals surface area contributed by atoms with Gasteiger partial charge in [0.05, 0.1) is 24.3 Å². The number of ketones is 1. The molecule has 0 spiro atoms. The van der Waals surface area contributed by atoms with Crippen molar-refractivity contribution in [2.24, 2.45) is 0 Å². The fourth-order valence-corrected chi connectivity index (χ4v) is 2.83. The first-order valence-corrected chi connectivity index (χ1v) is 6.48. The van der Waals surface area contributed by atoms with E-state index in [4.69, 9.17) is 4.74 Å². The Hall–Kier alpha value is -1.33. The highest BCUT2D eigenvalue weighted by atomic mass is 19.1. The quantitative estimate of drug-likeness (QED) is 0.785. The number of halogens is 2. The molecule has 2 atom stereocenters. The van der Waals surface area contributed by atoms with Gasteiger partial charge < -0.3 is 4.74 Å². The molecule has 0 radical (unpaired) electrons. The lowest BCUT2D eigenvalue weighted by molar-refractivity contribution is -0.0355. The van der Waals surface area contributed by atoms with Crippen molar-refractivity contribution >= 4 is 5.78 Å². The lowest BCUT2D eigenvalue weighted by Crippen LogP contribution is -2.44. The molecule has 1 aromatic carbocycles. The van der Waals surface area contributed by atoms with Crippen LogP contribution in [0.4, 0.5) is 8.78 Å². The van der Waals surface area contributed by atoms with E-state index in [0.717, 1.165) is 31.0 Å². The van der Waals surface area contributed by atoms with Crippen LogP contribution in [0.2, 0.25) is 0 Å². The van der Waals surface area contributed by atoms with E-state index in [1.54, 1.807) is 0 Å². The summed E-state index contributed by atoms with van der Waals surface area (Å²) in [5.41, 5.74) is -0.168. The Labute approximate surface area is 110 Å². The lowest BCUT2D eigenvalue weighted by Gasteiger charge is -2.31. The van der Waals surface area contributed by atoms with Crippen molar-refractivity contribution in [3.8, 4) is 0 Å². The Bertz CT molecular complexity index is 494. The molecule has 0 aromatic heterocycles. The molecule has 2 aliphatic heterocycles. The monoisotopic (exact) mass is 267 g/mol. The molecule has 102 valence electrons. The van der Waals surface area contributed by atoms with Gasteiger partial charge in [0.1, 0.15) is 11.6 Å². The van der Waals surface area contributed by atoms with Crippen LogP contribution < -0.4 is 0 Å². The van der Waals surface area contributed by atoms with Crippen molar-refractivity contribution in [3.63, 3.8) is 0 Å². The SMILES string of the molecule is O=C(CN1CC2CCC(C1)O2)c1cc(F)ccc1F. The molecule has 2 aliphatic rings. The van der Waals surface area contributed by atoms with Crippen LogP contribution in [-0.2, 0) is 4.74 Å². The third-order valence-electron chi connectivity index (χ3n) is 3.72. The van der Waals surface area contributed by atoms with Crippen LogP contribution in [0.15, 0.2) is 18.2 Å². The lowest BCUT2D eigenvalue weighted by atomic mass is 10.1. The smallest absolute Gasteiger partial charge is 0.179 e. The van der Waals surface area contributed by atoms with E-state index in [1.807, 2.05) is 4.90 Å². The highest BCUT2D eigenvalue weighted by molar-refractivity contribution is 5.97. The summed E-state index contributed by atoms with van der Waals surface area (Å²) in [4.78, 5) is 14.0. The normalized spacial score (nSPS) is 26.6. The summed E-state index contributed by atoms with van der Waals surface area (Å²) in [6.45, 7) is 1.51. The molecule has 5 heteroatoms.